The Morgan fingerprint density at radius 3 is 2.76 bits per heavy atom. The summed E-state index contributed by atoms with van der Waals surface area (Å²) in [5.41, 5.74) is 1.73. The van der Waals surface area contributed by atoms with E-state index in [0.717, 1.165) is 0 Å². The van der Waals surface area contributed by atoms with E-state index >= 15 is 0 Å². The van der Waals surface area contributed by atoms with E-state index in [-0.39, 0.29) is 11.7 Å². The number of hydrogen-bond acceptors (Lipinski definition) is 2. The summed E-state index contributed by atoms with van der Waals surface area (Å²) in [6, 6.07) is 5.85. The van der Waals surface area contributed by atoms with Crippen LogP contribution in [0.2, 0.25) is 0 Å². The quantitative estimate of drug-likeness (QED) is 0.863. The molecule has 17 heavy (non-hydrogen) atoms. The fourth-order valence-corrected chi connectivity index (χ4v) is 1.55. The van der Waals surface area contributed by atoms with E-state index in [1.165, 1.54) is 16.8 Å². The molecule has 0 saturated heterocycles. The van der Waals surface area contributed by atoms with Crippen LogP contribution >= 0.6 is 0 Å². The maximum absolute atomic E-state index is 12.9. The molecule has 5 heteroatoms. The summed E-state index contributed by atoms with van der Waals surface area (Å²) >= 11 is 0. The molecule has 2 rings (SSSR count). The number of nitrogens with one attached hydrogen (secondary N) is 1. The van der Waals surface area contributed by atoms with Gasteiger partial charge < -0.3 is 5.32 Å². The Balaban J connectivity index is 2.22. The number of rotatable bonds is 2. The zero-order valence-electron chi connectivity index (χ0n) is 9.57. The van der Waals surface area contributed by atoms with Crippen molar-refractivity contribution < 1.29 is 9.18 Å². The van der Waals surface area contributed by atoms with Crippen molar-refractivity contribution >= 4 is 11.6 Å². The second-order valence-electron chi connectivity index (χ2n) is 3.75. The minimum atomic E-state index is -0.318. The lowest BCUT2D eigenvalue weighted by Crippen LogP contribution is -2.16. The topological polar surface area (TPSA) is 46.9 Å². The molecule has 1 N–H and O–H groups in total. The van der Waals surface area contributed by atoms with E-state index in [1.54, 1.807) is 32.3 Å². The van der Waals surface area contributed by atoms with Gasteiger partial charge in [-0.3, -0.25) is 9.48 Å². The maximum Gasteiger partial charge on any atom is 0.273 e. The molecule has 0 atom stereocenters. The highest BCUT2D eigenvalue weighted by Gasteiger charge is 2.11. The monoisotopic (exact) mass is 233 g/mol. The Hall–Kier alpha value is -2.17. The largest absolute Gasteiger partial charge is 0.320 e. The molecule has 1 aromatic carbocycles. The lowest BCUT2D eigenvalue weighted by Gasteiger charge is -2.08. The second kappa shape index (κ2) is 4.37. The van der Waals surface area contributed by atoms with Crippen molar-refractivity contribution in [2.45, 2.75) is 6.92 Å². The van der Waals surface area contributed by atoms with Gasteiger partial charge in [0.2, 0.25) is 0 Å². The molecule has 0 bridgehead atoms. The number of halogens is 1. The van der Waals surface area contributed by atoms with Crippen molar-refractivity contribution in [2.75, 3.05) is 5.32 Å². The molecule has 4 nitrogen and oxygen atoms in total. The maximum atomic E-state index is 12.9. The summed E-state index contributed by atoms with van der Waals surface area (Å²) in [5, 5.41) is 6.63. The molecule has 0 saturated carbocycles. The number of nitrogens with zero attached hydrogens (tertiary/aromatic N) is 2. The first-order valence-electron chi connectivity index (χ1n) is 5.13. The standard InChI is InChI=1S/C12H12FN3O/c1-8-7-9(13)3-4-10(8)15-12(17)11-5-6-14-16(11)2/h3-7H,1-2H3,(H,15,17). The molecule has 0 spiro atoms. The summed E-state index contributed by atoms with van der Waals surface area (Å²) in [5.74, 6) is -0.583. The van der Waals surface area contributed by atoms with Gasteiger partial charge in [0.1, 0.15) is 11.5 Å². The highest BCUT2D eigenvalue weighted by molar-refractivity contribution is 6.03. The highest BCUT2D eigenvalue weighted by Crippen LogP contribution is 2.16. The average Bonchev–Trinajstić information content (AvgIpc) is 2.68. The SMILES string of the molecule is Cc1cc(F)ccc1NC(=O)c1ccnn1C. The predicted octanol–water partition coefficient (Wildman–Crippen LogP) is 2.12. The van der Waals surface area contributed by atoms with E-state index in [1.807, 2.05) is 0 Å². The summed E-state index contributed by atoms with van der Waals surface area (Å²) in [4.78, 5) is 11.9. The third-order valence-corrected chi connectivity index (χ3v) is 2.49. The van der Waals surface area contributed by atoms with Crippen molar-refractivity contribution in [1.29, 1.82) is 0 Å². The first kappa shape index (κ1) is 11.3. The zero-order valence-corrected chi connectivity index (χ0v) is 9.57. The van der Waals surface area contributed by atoms with Crippen molar-refractivity contribution in [3.05, 3.63) is 47.5 Å². The molecule has 1 aromatic heterocycles. The van der Waals surface area contributed by atoms with Gasteiger partial charge in [-0.2, -0.15) is 5.10 Å². The van der Waals surface area contributed by atoms with E-state index in [9.17, 15) is 9.18 Å². The van der Waals surface area contributed by atoms with Gasteiger partial charge in [-0.15, -0.1) is 0 Å². The molecule has 88 valence electrons. The van der Waals surface area contributed by atoms with E-state index in [2.05, 4.69) is 10.4 Å². The van der Waals surface area contributed by atoms with Crippen LogP contribution in [0, 0.1) is 12.7 Å². The molecule has 2 aromatic rings. The van der Waals surface area contributed by atoms with Gasteiger partial charge in [-0.25, -0.2) is 4.39 Å². The fraction of sp³-hybridized carbons (Fsp3) is 0.167. The van der Waals surface area contributed by atoms with Crippen LogP contribution in [0.4, 0.5) is 10.1 Å². The summed E-state index contributed by atoms with van der Waals surface area (Å²) in [7, 11) is 1.69. The van der Waals surface area contributed by atoms with Crippen molar-refractivity contribution in [3.8, 4) is 0 Å². The molecule has 0 unspecified atom stereocenters. The van der Waals surface area contributed by atoms with Crippen LogP contribution in [0.15, 0.2) is 30.5 Å². The lowest BCUT2D eigenvalue weighted by atomic mass is 10.2. The number of amides is 1. The normalized spacial score (nSPS) is 10.3. The second-order valence-corrected chi connectivity index (χ2v) is 3.75. The number of carbonyl (C=O) groups excluding carboxylic acids is 1. The van der Waals surface area contributed by atoms with Gasteiger partial charge in [0.15, 0.2) is 0 Å². The third kappa shape index (κ3) is 2.33. The van der Waals surface area contributed by atoms with Crippen molar-refractivity contribution in [3.63, 3.8) is 0 Å². The number of aromatic nitrogens is 2. The van der Waals surface area contributed by atoms with Gasteiger partial charge in [0.25, 0.3) is 5.91 Å². The van der Waals surface area contributed by atoms with Crippen LogP contribution in [0.5, 0.6) is 0 Å². The molecule has 1 heterocycles. The Kier molecular flexibility index (Phi) is 2.91. The highest BCUT2D eigenvalue weighted by atomic mass is 19.1. The Labute approximate surface area is 98.1 Å². The smallest absolute Gasteiger partial charge is 0.273 e. The number of aryl methyl sites for hydroxylation is 2. The predicted molar refractivity (Wildman–Crippen MR) is 62.3 cm³/mol. The molecule has 0 radical (unpaired) electrons. The molecule has 0 fully saturated rings. The van der Waals surface area contributed by atoms with Gasteiger partial charge in [-0.05, 0) is 36.8 Å². The molecular formula is C12H12FN3O. The van der Waals surface area contributed by atoms with E-state index < -0.39 is 0 Å². The van der Waals surface area contributed by atoms with Crippen LogP contribution in [-0.2, 0) is 7.05 Å². The summed E-state index contributed by atoms with van der Waals surface area (Å²) < 4.78 is 14.4. The van der Waals surface area contributed by atoms with Crippen LogP contribution < -0.4 is 5.32 Å². The van der Waals surface area contributed by atoms with Crippen LogP contribution in [0.3, 0.4) is 0 Å². The fourth-order valence-electron chi connectivity index (χ4n) is 1.55. The third-order valence-electron chi connectivity index (χ3n) is 2.49. The molecule has 0 aliphatic carbocycles. The first-order valence-corrected chi connectivity index (χ1v) is 5.13. The van der Waals surface area contributed by atoms with E-state index in [4.69, 9.17) is 0 Å². The molecule has 0 aliphatic heterocycles. The summed E-state index contributed by atoms with van der Waals surface area (Å²) in [6.07, 6.45) is 1.55. The minimum absolute atomic E-state index is 0.264. The molecule has 1 amide bonds. The Morgan fingerprint density at radius 2 is 2.18 bits per heavy atom. The van der Waals surface area contributed by atoms with E-state index in [0.29, 0.717) is 16.9 Å². The zero-order chi connectivity index (χ0) is 12.4. The Morgan fingerprint density at radius 1 is 1.41 bits per heavy atom. The first-order chi connectivity index (χ1) is 8.08. The van der Waals surface area contributed by atoms with Crippen LogP contribution in [0.25, 0.3) is 0 Å². The number of benzene rings is 1. The number of hydrogen-bond donors (Lipinski definition) is 1. The van der Waals surface area contributed by atoms with Gasteiger partial charge in [0, 0.05) is 18.9 Å². The Bertz CT molecular complexity index is 563. The van der Waals surface area contributed by atoms with Crippen molar-refractivity contribution in [2.24, 2.45) is 7.05 Å². The van der Waals surface area contributed by atoms with Crippen LogP contribution in [-0.4, -0.2) is 15.7 Å². The molecular weight excluding hydrogens is 221 g/mol. The lowest BCUT2D eigenvalue weighted by molar-refractivity contribution is 0.101. The van der Waals surface area contributed by atoms with Gasteiger partial charge in [0.05, 0.1) is 0 Å². The van der Waals surface area contributed by atoms with Gasteiger partial charge >= 0.3 is 0 Å². The minimum Gasteiger partial charge on any atom is -0.320 e. The number of anilines is 1. The summed E-state index contributed by atoms with van der Waals surface area (Å²) in [6.45, 7) is 1.74. The van der Waals surface area contributed by atoms with Crippen molar-refractivity contribution in [1.82, 2.24) is 9.78 Å². The molecule has 0 aliphatic rings. The van der Waals surface area contributed by atoms with Crippen LogP contribution in [0.1, 0.15) is 16.1 Å². The van der Waals surface area contributed by atoms with Gasteiger partial charge in [-0.1, -0.05) is 0 Å². The average molecular weight is 233 g/mol. The number of carbonyl (C=O) groups is 1.